The Labute approximate surface area is 231 Å². The van der Waals surface area contributed by atoms with Gasteiger partial charge in [0.05, 0.1) is 11.7 Å². The van der Waals surface area contributed by atoms with E-state index in [2.05, 4.69) is 10.3 Å². The predicted octanol–water partition coefficient (Wildman–Crippen LogP) is 5.21. The number of nitrogens with zero attached hydrogens (tertiary/aromatic N) is 2. The summed E-state index contributed by atoms with van der Waals surface area (Å²) in [7, 11) is 0. The molecule has 3 aromatic rings. The monoisotopic (exact) mass is 547 g/mol. The Morgan fingerprint density at radius 2 is 1.38 bits per heavy atom. The zero-order valence-corrected chi connectivity index (χ0v) is 22.0. The van der Waals surface area contributed by atoms with Gasteiger partial charge in [-0.15, -0.1) is 0 Å². The molecule has 1 N–H and O–H groups in total. The highest BCUT2D eigenvalue weighted by molar-refractivity contribution is 5.99. The number of halogens is 2. The topological polar surface area (TPSA) is 88.6 Å². The number of pyridine rings is 1. The van der Waals surface area contributed by atoms with Gasteiger partial charge in [0, 0.05) is 36.8 Å². The summed E-state index contributed by atoms with van der Waals surface area (Å²) < 4.78 is 32.2. The molecule has 2 aromatic carbocycles. The molecule has 0 spiro atoms. The number of piperidine rings is 1. The SMILES string of the molecule is O=C(NC1CCC(Oc2ccc(F)cc2)CC1)c1ccc(C(=O)N2CCC(C(=O)c3ccc(F)cc3)CC2)cn1. The molecule has 2 heterocycles. The number of amides is 2. The highest BCUT2D eigenvalue weighted by Crippen LogP contribution is 2.25. The number of benzene rings is 2. The van der Waals surface area contributed by atoms with Gasteiger partial charge < -0.3 is 15.0 Å². The highest BCUT2D eigenvalue weighted by Gasteiger charge is 2.29. The van der Waals surface area contributed by atoms with E-state index in [1.54, 1.807) is 29.2 Å². The summed E-state index contributed by atoms with van der Waals surface area (Å²) in [6, 6.07) is 14.7. The molecular weight excluding hydrogens is 516 g/mol. The van der Waals surface area contributed by atoms with Crippen molar-refractivity contribution in [2.24, 2.45) is 5.92 Å². The minimum absolute atomic E-state index is 0.00240. The summed E-state index contributed by atoms with van der Waals surface area (Å²) in [5.74, 6) is -0.765. The summed E-state index contributed by atoms with van der Waals surface area (Å²) in [5.41, 5.74) is 1.11. The number of carbonyl (C=O) groups is 3. The molecule has 208 valence electrons. The quantitative estimate of drug-likeness (QED) is 0.410. The Hall–Kier alpha value is -4.14. The van der Waals surface area contributed by atoms with Crippen LogP contribution in [0.25, 0.3) is 0 Å². The molecule has 2 aliphatic rings. The van der Waals surface area contributed by atoms with Crippen LogP contribution in [0, 0.1) is 17.6 Å². The molecule has 7 nitrogen and oxygen atoms in total. The molecule has 1 saturated heterocycles. The van der Waals surface area contributed by atoms with Gasteiger partial charge >= 0.3 is 0 Å². The van der Waals surface area contributed by atoms with Crippen LogP contribution >= 0.6 is 0 Å². The van der Waals surface area contributed by atoms with Gasteiger partial charge in [0.15, 0.2) is 5.78 Å². The molecule has 5 rings (SSSR count). The van der Waals surface area contributed by atoms with Crippen molar-refractivity contribution >= 4 is 17.6 Å². The maximum absolute atomic E-state index is 13.2. The fraction of sp³-hybridized carbons (Fsp3) is 0.355. The Morgan fingerprint density at radius 1 is 0.775 bits per heavy atom. The van der Waals surface area contributed by atoms with Crippen molar-refractivity contribution in [1.82, 2.24) is 15.2 Å². The van der Waals surface area contributed by atoms with Crippen LogP contribution in [0.5, 0.6) is 5.75 Å². The third-order valence-corrected chi connectivity index (χ3v) is 7.65. The highest BCUT2D eigenvalue weighted by atomic mass is 19.1. The summed E-state index contributed by atoms with van der Waals surface area (Å²) >= 11 is 0. The first-order chi connectivity index (χ1) is 19.4. The first-order valence-electron chi connectivity index (χ1n) is 13.6. The zero-order valence-electron chi connectivity index (χ0n) is 22.0. The third kappa shape index (κ3) is 6.70. The smallest absolute Gasteiger partial charge is 0.270 e. The van der Waals surface area contributed by atoms with E-state index >= 15 is 0 Å². The van der Waals surface area contributed by atoms with E-state index in [-0.39, 0.29) is 53.0 Å². The summed E-state index contributed by atoms with van der Waals surface area (Å²) in [4.78, 5) is 44.4. The number of Topliss-reactive ketones (excluding diaryl/α,β-unsaturated/α-hetero) is 1. The summed E-state index contributed by atoms with van der Waals surface area (Å²) in [6.07, 6.45) is 5.57. The van der Waals surface area contributed by atoms with Crippen molar-refractivity contribution in [3.05, 3.63) is 95.3 Å². The van der Waals surface area contributed by atoms with E-state index < -0.39 is 0 Å². The molecule has 2 amide bonds. The number of nitrogens with one attached hydrogen (secondary N) is 1. The van der Waals surface area contributed by atoms with Gasteiger partial charge in [-0.25, -0.2) is 8.78 Å². The van der Waals surface area contributed by atoms with Crippen molar-refractivity contribution in [3.8, 4) is 5.75 Å². The van der Waals surface area contributed by atoms with Crippen molar-refractivity contribution < 1.29 is 27.9 Å². The van der Waals surface area contributed by atoms with Crippen molar-refractivity contribution in [2.45, 2.75) is 50.7 Å². The van der Waals surface area contributed by atoms with Gasteiger partial charge in [-0.1, -0.05) is 0 Å². The van der Waals surface area contributed by atoms with E-state index in [1.165, 1.54) is 42.6 Å². The van der Waals surface area contributed by atoms with Crippen molar-refractivity contribution in [1.29, 1.82) is 0 Å². The largest absolute Gasteiger partial charge is 0.490 e. The maximum Gasteiger partial charge on any atom is 0.270 e. The van der Waals surface area contributed by atoms with Crippen LogP contribution in [0.4, 0.5) is 8.78 Å². The number of likely N-dealkylation sites (tertiary alicyclic amines) is 1. The molecule has 0 unspecified atom stereocenters. The van der Waals surface area contributed by atoms with Crippen LogP contribution in [-0.2, 0) is 0 Å². The lowest BCUT2D eigenvalue weighted by molar-refractivity contribution is 0.0649. The summed E-state index contributed by atoms with van der Waals surface area (Å²) in [5, 5.41) is 3.02. The van der Waals surface area contributed by atoms with Gasteiger partial charge in [-0.3, -0.25) is 19.4 Å². The molecule has 2 fully saturated rings. The summed E-state index contributed by atoms with van der Waals surface area (Å²) in [6.45, 7) is 0.873. The molecule has 9 heteroatoms. The first-order valence-corrected chi connectivity index (χ1v) is 13.6. The minimum Gasteiger partial charge on any atom is -0.490 e. The number of rotatable bonds is 7. The van der Waals surface area contributed by atoms with Gasteiger partial charge in [-0.05, 0) is 99.2 Å². The van der Waals surface area contributed by atoms with Crippen LogP contribution in [0.3, 0.4) is 0 Å². The second-order valence-electron chi connectivity index (χ2n) is 10.4. The normalized spacial score (nSPS) is 19.6. The number of carbonyl (C=O) groups excluding carboxylic acids is 3. The lowest BCUT2D eigenvalue weighted by atomic mass is 9.88. The maximum atomic E-state index is 13.2. The fourth-order valence-corrected chi connectivity index (χ4v) is 5.32. The van der Waals surface area contributed by atoms with Crippen LogP contribution in [0.1, 0.15) is 69.7 Å². The van der Waals surface area contributed by atoms with Crippen LogP contribution in [-0.4, -0.2) is 52.7 Å². The number of hydrogen-bond acceptors (Lipinski definition) is 5. The molecule has 40 heavy (non-hydrogen) atoms. The molecule has 1 saturated carbocycles. The average molecular weight is 548 g/mol. The lowest BCUT2D eigenvalue weighted by Crippen LogP contribution is -2.40. The van der Waals surface area contributed by atoms with E-state index in [4.69, 9.17) is 4.74 Å². The predicted molar refractivity (Wildman–Crippen MR) is 144 cm³/mol. The number of aromatic nitrogens is 1. The second-order valence-corrected chi connectivity index (χ2v) is 10.4. The lowest BCUT2D eigenvalue weighted by Gasteiger charge is -2.31. The minimum atomic E-state index is -0.383. The Bertz CT molecular complexity index is 1330. The standard InChI is InChI=1S/C31H31F2N3O4/c32-23-4-1-20(2-5-23)29(37)21-15-17-36(18-16-21)31(39)22-3-14-28(34-19-22)30(38)35-25-8-12-27(13-9-25)40-26-10-6-24(33)7-11-26/h1-7,10-11,14,19,21,25,27H,8-9,12-13,15-18H2,(H,35,38). The van der Waals surface area contributed by atoms with Crippen molar-refractivity contribution in [2.75, 3.05) is 13.1 Å². The van der Waals surface area contributed by atoms with Crippen molar-refractivity contribution in [3.63, 3.8) is 0 Å². The molecule has 1 aliphatic carbocycles. The zero-order chi connectivity index (χ0) is 28.1. The molecule has 0 bridgehead atoms. The number of ketones is 1. The molecule has 1 aromatic heterocycles. The van der Waals surface area contributed by atoms with Crippen LogP contribution in [0.15, 0.2) is 66.9 Å². The van der Waals surface area contributed by atoms with E-state index in [1.807, 2.05) is 0 Å². The van der Waals surface area contributed by atoms with Gasteiger partial charge in [0.25, 0.3) is 11.8 Å². The molecule has 1 aliphatic heterocycles. The molecule has 0 radical (unpaired) electrons. The van der Waals surface area contributed by atoms with Gasteiger partial charge in [0.2, 0.25) is 0 Å². The Morgan fingerprint density at radius 3 is 1.98 bits per heavy atom. The van der Waals surface area contributed by atoms with E-state index in [9.17, 15) is 23.2 Å². The first kappa shape index (κ1) is 27.4. The third-order valence-electron chi connectivity index (χ3n) is 7.65. The van der Waals surface area contributed by atoms with E-state index in [0.29, 0.717) is 42.8 Å². The average Bonchev–Trinajstić information content (AvgIpc) is 2.99. The van der Waals surface area contributed by atoms with Crippen LogP contribution < -0.4 is 10.1 Å². The van der Waals surface area contributed by atoms with E-state index in [0.717, 1.165) is 25.7 Å². The Balaban J connectivity index is 1.07. The second kappa shape index (κ2) is 12.4. The van der Waals surface area contributed by atoms with Gasteiger partial charge in [0.1, 0.15) is 23.1 Å². The molecular formula is C31H31F2N3O4. The molecule has 0 atom stereocenters. The Kier molecular flexibility index (Phi) is 8.48. The fourth-order valence-electron chi connectivity index (χ4n) is 5.32. The van der Waals surface area contributed by atoms with Gasteiger partial charge in [-0.2, -0.15) is 0 Å². The van der Waals surface area contributed by atoms with Crippen LogP contribution in [0.2, 0.25) is 0 Å². The number of hydrogen-bond donors (Lipinski definition) is 1. The number of ether oxygens (including phenoxy) is 1.